The molecule has 0 bridgehead atoms. The van der Waals surface area contributed by atoms with E-state index in [9.17, 15) is 4.79 Å². The van der Waals surface area contributed by atoms with Crippen LogP contribution in [0.15, 0.2) is 54.6 Å². The summed E-state index contributed by atoms with van der Waals surface area (Å²) in [7, 11) is 0. The number of ether oxygens (including phenoxy) is 2. The first-order valence-electron chi connectivity index (χ1n) is 7.94. The average Bonchev–Trinajstić information content (AvgIpc) is 2.59. The monoisotopic (exact) mass is 313 g/mol. The fourth-order valence-corrected chi connectivity index (χ4v) is 2.12. The zero-order valence-electron chi connectivity index (χ0n) is 13.5. The Morgan fingerprint density at radius 3 is 2.35 bits per heavy atom. The number of hydrogen-bond donors (Lipinski definition) is 1. The molecule has 1 amide bonds. The standard InChI is InChI=1S/C19H23NO3/c1-2-6-16-9-11-18(12-10-16)22-14-13-20-19(21)15-23-17-7-4-3-5-8-17/h3-5,7-12H,2,6,13-15H2,1H3,(H,20,21). The third-order valence-corrected chi connectivity index (χ3v) is 3.27. The van der Waals surface area contributed by atoms with Gasteiger partial charge in [0.2, 0.25) is 0 Å². The minimum atomic E-state index is -0.157. The molecule has 4 nitrogen and oxygen atoms in total. The Kier molecular flexibility index (Phi) is 6.98. The summed E-state index contributed by atoms with van der Waals surface area (Å²) < 4.78 is 11.0. The van der Waals surface area contributed by atoms with Gasteiger partial charge in [-0.3, -0.25) is 4.79 Å². The van der Waals surface area contributed by atoms with Crippen LogP contribution in [0.25, 0.3) is 0 Å². The maximum Gasteiger partial charge on any atom is 0.258 e. The SMILES string of the molecule is CCCc1ccc(OCCNC(=O)COc2ccccc2)cc1. The second-order valence-electron chi connectivity index (χ2n) is 5.19. The van der Waals surface area contributed by atoms with Crippen LogP contribution < -0.4 is 14.8 Å². The molecule has 2 rings (SSSR count). The van der Waals surface area contributed by atoms with Crippen molar-refractivity contribution in [3.05, 3.63) is 60.2 Å². The van der Waals surface area contributed by atoms with Crippen molar-refractivity contribution in [2.24, 2.45) is 0 Å². The smallest absolute Gasteiger partial charge is 0.258 e. The normalized spacial score (nSPS) is 10.1. The Bertz CT molecular complexity index is 581. The molecule has 0 unspecified atom stereocenters. The minimum Gasteiger partial charge on any atom is -0.492 e. The number of hydrogen-bond acceptors (Lipinski definition) is 3. The van der Waals surface area contributed by atoms with Crippen molar-refractivity contribution in [2.45, 2.75) is 19.8 Å². The summed E-state index contributed by atoms with van der Waals surface area (Å²) in [4.78, 5) is 11.7. The summed E-state index contributed by atoms with van der Waals surface area (Å²) in [5.74, 6) is 1.35. The Hall–Kier alpha value is -2.49. The van der Waals surface area contributed by atoms with Gasteiger partial charge in [-0.2, -0.15) is 0 Å². The van der Waals surface area contributed by atoms with Gasteiger partial charge >= 0.3 is 0 Å². The van der Waals surface area contributed by atoms with Crippen molar-refractivity contribution < 1.29 is 14.3 Å². The highest BCUT2D eigenvalue weighted by molar-refractivity contribution is 5.77. The zero-order valence-corrected chi connectivity index (χ0v) is 13.5. The molecule has 0 saturated heterocycles. The number of rotatable bonds is 9. The lowest BCUT2D eigenvalue weighted by Crippen LogP contribution is -2.32. The van der Waals surface area contributed by atoms with Gasteiger partial charge in [-0.25, -0.2) is 0 Å². The molecule has 2 aromatic carbocycles. The maximum absolute atomic E-state index is 11.7. The van der Waals surface area contributed by atoms with E-state index in [1.54, 1.807) is 0 Å². The topological polar surface area (TPSA) is 47.6 Å². The van der Waals surface area contributed by atoms with E-state index >= 15 is 0 Å². The van der Waals surface area contributed by atoms with E-state index in [2.05, 4.69) is 24.4 Å². The first-order chi connectivity index (χ1) is 11.3. The van der Waals surface area contributed by atoms with Crippen LogP contribution in [-0.4, -0.2) is 25.7 Å². The Morgan fingerprint density at radius 2 is 1.65 bits per heavy atom. The van der Waals surface area contributed by atoms with Gasteiger partial charge in [-0.15, -0.1) is 0 Å². The van der Waals surface area contributed by atoms with E-state index in [0.717, 1.165) is 18.6 Å². The molecule has 0 heterocycles. The third kappa shape index (κ3) is 6.43. The molecule has 0 aliphatic heterocycles. The van der Waals surface area contributed by atoms with E-state index in [0.29, 0.717) is 18.9 Å². The van der Waals surface area contributed by atoms with Gasteiger partial charge in [-0.05, 0) is 36.2 Å². The number of carbonyl (C=O) groups is 1. The Morgan fingerprint density at radius 1 is 0.957 bits per heavy atom. The van der Waals surface area contributed by atoms with Crippen molar-refractivity contribution in [3.8, 4) is 11.5 Å². The molecule has 0 radical (unpaired) electrons. The fraction of sp³-hybridized carbons (Fsp3) is 0.316. The van der Waals surface area contributed by atoms with Gasteiger partial charge in [0.15, 0.2) is 6.61 Å². The summed E-state index contributed by atoms with van der Waals surface area (Å²) in [6.07, 6.45) is 2.22. The number of carbonyl (C=O) groups excluding carboxylic acids is 1. The number of benzene rings is 2. The van der Waals surface area contributed by atoms with Crippen molar-refractivity contribution in [1.29, 1.82) is 0 Å². The quantitative estimate of drug-likeness (QED) is 0.723. The maximum atomic E-state index is 11.7. The van der Waals surface area contributed by atoms with Crippen molar-refractivity contribution in [1.82, 2.24) is 5.32 Å². The van der Waals surface area contributed by atoms with Crippen LogP contribution in [0.5, 0.6) is 11.5 Å². The number of nitrogens with one attached hydrogen (secondary N) is 1. The first kappa shape index (κ1) is 16.9. The fourth-order valence-electron chi connectivity index (χ4n) is 2.12. The molecule has 0 fully saturated rings. The largest absolute Gasteiger partial charge is 0.492 e. The number of amides is 1. The van der Waals surface area contributed by atoms with Crippen molar-refractivity contribution in [3.63, 3.8) is 0 Å². The van der Waals surface area contributed by atoms with Gasteiger partial charge in [0.25, 0.3) is 5.91 Å². The number of para-hydroxylation sites is 1. The van der Waals surface area contributed by atoms with Crippen LogP contribution in [0.3, 0.4) is 0 Å². The van der Waals surface area contributed by atoms with Crippen LogP contribution in [0.4, 0.5) is 0 Å². The molecule has 2 aromatic rings. The van der Waals surface area contributed by atoms with E-state index < -0.39 is 0 Å². The van der Waals surface area contributed by atoms with Gasteiger partial charge in [0.05, 0.1) is 6.54 Å². The van der Waals surface area contributed by atoms with Crippen molar-refractivity contribution in [2.75, 3.05) is 19.8 Å². The van der Waals surface area contributed by atoms with Gasteiger partial charge < -0.3 is 14.8 Å². The van der Waals surface area contributed by atoms with Gasteiger partial charge in [-0.1, -0.05) is 43.7 Å². The highest BCUT2D eigenvalue weighted by atomic mass is 16.5. The van der Waals surface area contributed by atoms with Crippen LogP contribution >= 0.6 is 0 Å². The van der Waals surface area contributed by atoms with E-state index in [1.807, 2.05) is 42.5 Å². The molecule has 4 heteroatoms. The molecule has 0 saturated carbocycles. The number of aryl methyl sites for hydroxylation is 1. The van der Waals surface area contributed by atoms with E-state index in [4.69, 9.17) is 9.47 Å². The zero-order chi connectivity index (χ0) is 16.3. The van der Waals surface area contributed by atoms with Crippen LogP contribution in [0.2, 0.25) is 0 Å². The van der Waals surface area contributed by atoms with Crippen LogP contribution in [0.1, 0.15) is 18.9 Å². The predicted molar refractivity (Wildman–Crippen MR) is 90.9 cm³/mol. The highest BCUT2D eigenvalue weighted by Crippen LogP contribution is 2.13. The molecular formula is C19H23NO3. The molecule has 0 aliphatic rings. The molecule has 122 valence electrons. The first-order valence-corrected chi connectivity index (χ1v) is 7.94. The summed E-state index contributed by atoms with van der Waals surface area (Å²) in [5.41, 5.74) is 1.31. The Balaban J connectivity index is 1.60. The molecule has 0 atom stereocenters. The lowest BCUT2D eigenvalue weighted by atomic mass is 10.1. The molecular weight excluding hydrogens is 290 g/mol. The summed E-state index contributed by atoms with van der Waals surface area (Å²) in [5, 5.41) is 2.77. The second-order valence-corrected chi connectivity index (χ2v) is 5.19. The van der Waals surface area contributed by atoms with Crippen molar-refractivity contribution >= 4 is 5.91 Å². The molecule has 1 N–H and O–H groups in total. The molecule has 0 aromatic heterocycles. The van der Waals surface area contributed by atoms with Crippen LogP contribution in [0, 0.1) is 0 Å². The predicted octanol–water partition coefficient (Wildman–Crippen LogP) is 3.21. The highest BCUT2D eigenvalue weighted by Gasteiger charge is 2.02. The third-order valence-electron chi connectivity index (χ3n) is 3.27. The van der Waals surface area contributed by atoms with Gasteiger partial charge in [0, 0.05) is 0 Å². The second kappa shape index (κ2) is 9.51. The lowest BCUT2D eigenvalue weighted by molar-refractivity contribution is -0.123. The Labute approximate surface area is 137 Å². The molecule has 23 heavy (non-hydrogen) atoms. The summed E-state index contributed by atoms with van der Waals surface area (Å²) in [6.45, 7) is 3.06. The van der Waals surface area contributed by atoms with Crippen LogP contribution in [-0.2, 0) is 11.2 Å². The molecule has 0 aliphatic carbocycles. The van der Waals surface area contributed by atoms with Gasteiger partial charge in [0.1, 0.15) is 18.1 Å². The van der Waals surface area contributed by atoms with E-state index in [1.165, 1.54) is 5.56 Å². The molecule has 0 spiro atoms. The minimum absolute atomic E-state index is 0.00965. The summed E-state index contributed by atoms with van der Waals surface area (Å²) >= 11 is 0. The van der Waals surface area contributed by atoms with E-state index in [-0.39, 0.29) is 12.5 Å². The lowest BCUT2D eigenvalue weighted by Gasteiger charge is -2.09. The average molecular weight is 313 g/mol. The summed E-state index contributed by atoms with van der Waals surface area (Å²) in [6, 6.07) is 17.4.